The lowest BCUT2D eigenvalue weighted by atomic mass is 10.1. The van der Waals surface area contributed by atoms with Gasteiger partial charge >= 0.3 is 0 Å². The van der Waals surface area contributed by atoms with Gasteiger partial charge in [-0.1, -0.05) is 20.8 Å². The first-order chi connectivity index (χ1) is 10.3. The molecule has 0 atom stereocenters. The summed E-state index contributed by atoms with van der Waals surface area (Å²) >= 11 is 0. The van der Waals surface area contributed by atoms with Crippen LogP contribution in [0.1, 0.15) is 44.1 Å². The zero-order valence-corrected chi connectivity index (χ0v) is 14.6. The van der Waals surface area contributed by atoms with E-state index in [2.05, 4.69) is 38.3 Å². The summed E-state index contributed by atoms with van der Waals surface area (Å²) in [6.45, 7) is 11.9. The van der Waals surface area contributed by atoms with Gasteiger partial charge in [0.15, 0.2) is 0 Å². The second kappa shape index (κ2) is 7.84. The molecule has 22 heavy (non-hydrogen) atoms. The molecule has 1 rings (SSSR count). The molecule has 0 saturated carbocycles. The van der Waals surface area contributed by atoms with E-state index in [0.29, 0.717) is 12.5 Å². The van der Waals surface area contributed by atoms with Gasteiger partial charge < -0.3 is 9.47 Å². The summed E-state index contributed by atoms with van der Waals surface area (Å²) in [5, 5.41) is 9.34. The summed E-state index contributed by atoms with van der Waals surface area (Å²) in [7, 11) is 1.74. The molecular weight excluding hydrogens is 274 g/mol. The van der Waals surface area contributed by atoms with Gasteiger partial charge in [-0.15, -0.1) is 0 Å². The number of hydrogen-bond acceptors (Lipinski definition) is 2. The smallest absolute Gasteiger partial charge is 0.264 e. The summed E-state index contributed by atoms with van der Waals surface area (Å²) in [5.41, 5.74) is 3.41. The summed E-state index contributed by atoms with van der Waals surface area (Å²) in [6, 6.07) is 4.09. The van der Waals surface area contributed by atoms with Crippen LogP contribution in [0.2, 0.25) is 0 Å². The lowest BCUT2D eigenvalue weighted by Gasteiger charge is -2.18. The highest BCUT2D eigenvalue weighted by Gasteiger charge is 2.17. The average molecular weight is 301 g/mol. The first-order valence-corrected chi connectivity index (χ1v) is 7.85. The molecule has 0 N–H and O–H groups in total. The van der Waals surface area contributed by atoms with Gasteiger partial charge in [0.2, 0.25) is 0 Å². The number of likely N-dealkylation sites (N-methyl/N-ethyl adjacent to an activating group) is 1. The van der Waals surface area contributed by atoms with E-state index in [1.165, 1.54) is 0 Å². The number of carbonyl (C=O) groups excluding carboxylic acids is 1. The highest BCUT2D eigenvalue weighted by atomic mass is 16.2. The number of nitrogens with zero attached hydrogens (tertiary/aromatic N) is 3. The Balaban J connectivity index is 3.11. The fourth-order valence-corrected chi connectivity index (χ4v) is 2.68. The van der Waals surface area contributed by atoms with Gasteiger partial charge in [0.05, 0.1) is 0 Å². The molecule has 0 aromatic carbocycles. The third kappa shape index (κ3) is 4.24. The Kier molecular flexibility index (Phi) is 6.42. The van der Waals surface area contributed by atoms with Crippen LogP contribution < -0.4 is 0 Å². The Morgan fingerprint density at radius 1 is 1.45 bits per heavy atom. The molecule has 0 aliphatic carbocycles. The van der Waals surface area contributed by atoms with E-state index >= 15 is 0 Å². The Morgan fingerprint density at radius 2 is 2.09 bits per heavy atom. The molecule has 0 spiro atoms. The van der Waals surface area contributed by atoms with Gasteiger partial charge in [-0.3, -0.25) is 4.79 Å². The number of aryl methyl sites for hydroxylation is 1. The van der Waals surface area contributed by atoms with Crippen molar-refractivity contribution in [2.45, 2.75) is 47.6 Å². The Bertz CT molecular complexity index is 603. The van der Waals surface area contributed by atoms with Crippen molar-refractivity contribution in [2.75, 3.05) is 13.6 Å². The Labute approximate surface area is 134 Å². The fourth-order valence-electron chi connectivity index (χ4n) is 2.68. The van der Waals surface area contributed by atoms with Gasteiger partial charge in [0.25, 0.3) is 5.91 Å². The third-order valence-corrected chi connectivity index (χ3v) is 3.70. The quantitative estimate of drug-likeness (QED) is 0.596. The van der Waals surface area contributed by atoms with Crippen LogP contribution in [0, 0.1) is 31.1 Å². The van der Waals surface area contributed by atoms with Crippen LogP contribution in [-0.2, 0) is 11.3 Å². The van der Waals surface area contributed by atoms with E-state index in [1.807, 2.05) is 13.0 Å². The molecule has 1 aromatic heterocycles. The molecule has 0 radical (unpaired) electrons. The number of carbonyl (C=O) groups is 1. The number of hydrogen-bond donors (Lipinski definition) is 0. The normalized spacial score (nSPS) is 11.6. The van der Waals surface area contributed by atoms with Gasteiger partial charge in [-0.2, -0.15) is 5.26 Å². The Hall–Kier alpha value is -2.02. The first-order valence-electron chi connectivity index (χ1n) is 7.85. The molecule has 0 saturated heterocycles. The molecule has 0 bridgehead atoms. The highest BCUT2D eigenvalue weighted by Crippen LogP contribution is 2.19. The molecule has 0 aliphatic rings. The molecule has 1 aromatic rings. The summed E-state index contributed by atoms with van der Waals surface area (Å²) in [6.07, 6.45) is 2.77. The van der Waals surface area contributed by atoms with Crippen molar-refractivity contribution < 1.29 is 4.79 Å². The summed E-state index contributed by atoms with van der Waals surface area (Å²) in [4.78, 5) is 14.0. The van der Waals surface area contributed by atoms with Crippen molar-refractivity contribution in [2.24, 2.45) is 5.92 Å². The van der Waals surface area contributed by atoms with Crippen molar-refractivity contribution in [1.29, 1.82) is 5.26 Å². The van der Waals surface area contributed by atoms with Crippen LogP contribution in [-0.4, -0.2) is 29.0 Å². The molecule has 1 heterocycles. The van der Waals surface area contributed by atoms with Crippen molar-refractivity contribution in [1.82, 2.24) is 9.47 Å². The van der Waals surface area contributed by atoms with Gasteiger partial charge in [0, 0.05) is 31.5 Å². The first kappa shape index (κ1) is 18.0. The van der Waals surface area contributed by atoms with Crippen LogP contribution in [0.3, 0.4) is 0 Å². The van der Waals surface area contributed by atoms with Crippen LogP contribution in [0.15, 0.2) is 11.6 Å². The molecule has 4 nitrogen and oxygen atoms in total. The van der Waals surface area contributed by atoms with Gasteiger partial charge in [-0.05, 0) is 43.9 Å². The maximum absolute atomic E-state index is 12.4. The monoisotopic (exact) mass is 301 g/mol. The second-order valence-corrected chi connectivity index (χ2v) is 6.23. The number of nitriles is 1. The van der Waals surface area contributed by atoms with E-state index < -0.39 is 0 Å². The van der Waals surface area contributed by atoms with Crippen molar-refractivity contribution in [3.8, 4) is 6.07 Å². The van der Waals surface area contributed by atoms with Crippen LogP contribution >= 0.6 is 0 Å². The molecule has 0 aliphatic heterocycles. The number of rotatable bonds is 6. The predicted molar refractivity (Wildman–Crippen MR) is 90.3 cm³/mol. The molecule has 0 fully saturated rings. The fraction of sp³-hybridized carbons (Fsp3) is 0.556. The third-order valence-electron chi connectivity index (χ3n) is 3.70. The highest BCUT2D eigenvalue weighted by molar-refractivity contribution is 6.01. The number of amides is 1. The topological polar surface area (TPSA) is 49.0 Å². The molecule has 0 unspecified atom stereocenters. The molecule has 4 heteroatoms. The standard InChI is InChI=1S/C18H27N3O/c1-7-8-21-14(4)9-16(15(21)5)10-17(11-19)18(22)20(6)12-13(2)3/h9-10,13H,7-8,12H2,1-6H3/b17-10+. The SMILES string of the molecule is CCCn1c(C)cc(/C=C(\C#N)C(=O)N(C)CC(C)C)c1C. The van der Waals surface area contributed by atoms with Crippen LogP contribution in [0.5, 0.6) is 0 Å². The zero-order chi connectivity index (χ0) is 16.9. The predicted octanol–water partition coefficient (Wildman–Crippen LogP) is 3.54. The minimum absolute atomic E-state index is 0.194. The van der Waals surface area contributed by atoms with E-state index in [-0.39, 0.29) is 11.5 Å². The summed E-state index contributed by atoms with van der Waals surface area (Å²) in [5.74, 6) is 0.167. The van der Waals surface area contributed by atoms with Crippen LogP contribution in [0.25, 0.3) is 6.08 Å². The molecular formula is C18H27N3O. The van der Waals surface area contributed by atoms with E-state index in [0.717, 1.165) is 29.9 Å². The molecule has 120 valence electrons. The van der Waals surface area contributed by atoms with Crippen molar-refractivity contribution in [3.63, 3.8) is 0 Å². The minimum atomic E-state index is -0.212. The molecule has 1 amide bonds. The van der Waals surface area contributed by atoms with Gasteiger partial charge in [-0.25, -0.2) is 0 Å². The summed E-state index contributed by atoms with van der Waals surface area (Å²) < 4.78 is 2.23. The maximum atomic E-state index is 12.4. The van der Waals surface area contributed by atoms with E-state index in [1.54, 1.807) is 18.0 Å². The number of aromatic nitrogens is 1. The van der Waals surface area contributed by atoms with Crippen molar-refractivity contribution in [3.05, 3.63) is 28.6 Å². The second-order valence-electron chi connectivity index (χ2n) is 6.23. The van der Waals surface area contributed by atoms with Crippen molar-refractivity contribution >= 4 is 12.0 Å². The minimum Gasteiger partial charge on any atom is -0.349 e. The maximum Gasteiger partial charge on any atom is 0.264 e. The van der Waals surface area contributed by atoms with E-state index in [9.17, 15) is 10.1 Å². The van der Waals surface area contributed by atoms with E-state index in [4.69, 9.17) is 0 Å². The zero-order valence-electron chi connectivity index (χ0n) is 14.6. The van der Waals surface area contributed by atoms with Gasteiger partial charge in [0.1, 0.15) is 11.6 Å². The Morgan fingerprint density at radius 3 is 2.59 bits per heavy atom. The van der Waals surface area contributed by atoms with Crippen LogP contribution in [0.4, 0.5) is 0 Å². The lowest BCUT2D eigenvalue weighted by Crippen LogP contribution is -2.31. The lowest BCUT2D eigenvalue weighted by molar-refractivity contribution is -0.125. The largest absolute Gasteiger partial charge is 0.349 e. The average Bonchev–Trinajstić information content (AvgIpc) is 2.71.